The van der Waals surface area contributed by atoms with E-state index in [1.54, 1.807) is 0 Å². The van der Waals surface area contributed by atoms with Crippen LogP contribution in [-0.4, -0.2) is 22.2 Å². The summed E-state index contributed by atoms with van der Waals surface area (Å²) in [6, 6.07) is 0. The standard InChI is InChI=1S/C10H11F2NO4/c1-4-2-3-5(16-4)9-13-6(8(11)12)7(17-9)10(14)15/h4-5,8H,2-3H2,1H3,(H,14,15). The van der Waals surface area contributed by atoms with E-state index in [-0.39, 0.29) is 12.0 Å². The van der Waals surface area contributed by atoms with Crippen molar-refractivity contribution in [2.75, 3.05) is 0 Å². The van der Waals surface area contributed by atoms with Crippen molar-refractivity contribution in [2.45, 2.75) is 38.4 Å². The molecule has 17 heavy (non-hydrogen) atoms. The van der Waals surface area contributed by atoms with Crippen LogP contribution in [0, 0.1) is 0 Å². The highest BCUT2D eigenvalue weighted by molar-refractivity contribution is 5.85. The summed E-state index contributed by atoms with van der Waals surface area (Å²) in [6.07, 6.45) is -2.16. The van der Waals surface area contributed by atoms with Crippen molar-refractivity contribution in [3.8, 4) is 0 Å². The van der Waals surface area contributed by atoms with E-state index in [0.29, 0.717) is 6.42 Å². The van der Waals surface area contributed by atoms with Gasteiger partial charge in [-0.25, -0.2) is 18.6 Å². The molecule has 1 saturated heterocycles. The number of carboxylic acid groups (broad SMARTS) is 1. The van der Waals surface area contributed by atoms with Gasteiger partial charge in [0.05, 0.1) is 6.10 Å². The van der Waals surface area contributed by atoms with E-state index in [2.05, 4.69) is 4.98 Å². The van der Waals surface area contributed by atoms with E-state index >= 15 is 0 Å². The van der Waals surface area contributed by atoms with E-state index in [9.17, 15) is 13.6 Å². The van der Waals surface area contributed by atoms with Gasteiger partial charge in [-0.3, -0.25) is 0 Å². The first kappa shape index (κ1) is 12.0. The second kappa shape index (κ2) is 4.40. The Kier molecular flexibility index (Phi) is 3.10. The molecule has 2 atom stereocenters. The van der Waals surface area contributed by atoms with Crippen LogP contribution in [0.4, 0.5) is 8.78 Å². The number of alkyl halides is 2. The van der Waals surface area contributed by atoms with E-state index in [1.807, 2.05) is 6.92 Å². The van der Waals surface area contributed by atoms with Gasteiger partial charge in [-0.05, 0) is 19.8 Å². The molecule has 0 saturated carbocycles. The van der Waals surface area contributed by atoms with Gasteiger partial charge in [0.1, 0.15) is 6.10 Å². The summed E-state index contributed by atoms with van der Waals surface area (Å²) in [5.74, 6) is -2.44. The first-order chi connectivity index (χ1) is 7.99. The summed E-state index contributed by atoms with van der Waals surface area (Å²) in [5, 5.41) is 8.71. The van der Waals surface area contributed by atoms with Crippen LogP contribution >= 0.6 is 0 Å². The fourth-order valence-corrected chi connectivity index (χ4v) is 1.77. The molecule has 1 aromatic heterocycles. The Bertz CT molecular complexity index is 432. The second-order valence-electron chi connectivity index (χ2n) is 3.89. The molecule has 0 spiro atoms. The zero-order valence-electron chi connectivity index (χ0n) is 9.02. The van der Waals surface area contributed by atoms with Crippen LogP contribution in [0.15, 0.2) is 4.42 Å². The maximum Gasteiger partial charge on any atom is 0.374 e. The Hall–Kier alpha value is -1.50. The molecule has 2 heterocycles. The van der Waals surface area contributed by atoms with Crippen molar-refractivity contribution in [3.63, 3.8) is 0 Å². The molecular formula is C10H11F2NO4. The van der Waals surface area contributed by atoms with Crippen molar-refractivity contribution in [2.24, 2.45) is 0 Å². The fourth-order valence-electron chi connectivity index (χ4n) is 1.77. The molecule has 5 nitrogen and oxygen atoms in total. The monoisotopic (exact) mass is 247 g/mol. The molecule has 0 bridgehead atoms. The number of hydrogen-bond acceptors (Lipinski definition) is 4. The van der Waals surface area contributed by atoms with Gasteiger partial charge >= 0.3 is 5.97 Å². The van der Waals surface area contributed by atoms with Crippen molar-refractivity contribution in [1.82, 2.24) is 4.98 Å². The molecule has 0 radical (unpaired) electrons. The maximum atomic E-state index is 12.5. The van der Waals surface area contributed by atoms with E-state index in [0.717, 1.165) is 6.42 Å². The molecular weight excluding hydrogens is 236 g/mol. The number of carbonyl (C=O) groups is 1. The Morgan fingerprint density at radius 2 is 2.24 bits per heavy atom. The van der Waals surface area contributed by atoms with Crippen LogP contribution in [0.5, 0.6) is 0 Å². The van der Waals surface area contributed by atoms with E-state index in [1.165, 1.54) is 0 Å². The molecule has 0 aliphatic carbocycles. The molecule has 1 aliphatic heterocycles. The Morgan fingerprint density at radius 1 is 1.53 bits per heavy atom. The third-order valence-corrected chi connectivity index (χ3v) is 2.58. The third-order valence-electron chi connectivity index (χ3n) is 2.58. The molecule has 1 fully saturated rings. The predicted octanol–water partition coefficient (Wildman–Crippen LogP) is 2.55. The minimum Gasteiger partial charge on any atom is -0.475 e. The van der Waals surface area contributed by atoms with Crippen LogP contribution in [0.2, 0.25) is 0 Å². The summed E-state index contributed by atoms with van der Waals surface area (Å²) in [5.41, 5.74) is -0.837. The molecule has 1 N–H and O–H groups in total. The van der Waals surface area contributed by atoms with Crippen molar-refractivity contribution >= 4 is 5.97 Å². The summed E-state index contributed by atoms with van der Waals surface area (Å²) >= 11 is 0. The average Bonchev–Trinajstić information content (AvgIpc) is 2.82. The van der Waals surface area contributed by atoms with Crippen molar-refractivity contribution < 1.29 is 27.8 Å². The van der Waals surface area contributed by atoms with Crippen LogP contribution < -0.4 is 0 Å². The number of rotatable bonds is 3. The van der Waals surface area contributed by atoms with Crippen LogP contribution in [0.3, 0.4) is 0 Å². The Balaban J connectivity index is 2.30. The van der Waals surface area contributed by atoms with E-state index in [4.69, 9.17) is 14.3 Å². The minimum absolute atomic E-state index is 0.00446. The topological polar surface area (TPSA) is 72.6 Å². The predicted molar refractivity (Wildman–Crippen MR) is 50.9 cm³/mol. The summed E-state index contributed by atoms with van der Waals surface area (Å²) < 4.78 is 35.3. The lowest BCUT2D eigenvalue weighted by Gasteiger charge is -2.05. The molecule has 0 amide bonds. The Labute approximate surface area is 95.4 Å². The minimum atomic E-state index is -2.97. The molecule has 7 heteroatoms. The number of aromatic carboxylic acids is 1. The first-order valence-electron chi connectivity index (χ1n) is 5.16. The van der Waals surface area contributed by atoms with Gasteiger partial charge in [-0.1, -0.05) is 0 Å². The highest BCUT2D eigenvalue weighted by atomic mass is 19.3. The molecule has 2 unspecified atom stereocenters. The van der Waals surface area contributed by atoms with Crippen LogP contribution in [-0.2, 0) is 4.74 Å². The summed E-state index contributed by atoms with van der Waals surface area (Å²) in [7, 11) is 0. The van der Waals surface area contributed by atoms with Gasteiger partial charge < -0.3 is 14.3 Å². The SMILES string of the molecule is CC1CCC(c2nc(C(F)F)c(C(=O)O)o2)O1. The highest BCUT2D eigenvalue weighted by Gasteiger charge is 2.32. The fraction of sp³-hybridized carbons (Fsp3) is 0.600. The molecule has 94 valence electrons. The molecule has 1 aromatic rings. The van der Waals surface area contributed by atoms with E-state index < -0.39 is 30.0 Å². The first-order valence-corrected chi connectivity index (χ1v) is 5.16. The number of nitrogens with zero attached hydrogens (tertiary/aromatic N) is 1. The largest absolute Gasteiger partial charge is 0.475 e. The lowest BCUT2D eigenvalue weighted by molar-refractivity contribution is 0.0372. The lowest BCUT2D eigenvalue weighted by atomic mass is 10.2. The lowest BCUT2D eigenvalue weighted by Crippen LogP contribution is -2.01. The van der Waals surface area contributed by atoms with Gasteiger partial charge in [0.15, 0.2) is 5.69 Å². The average molecular weight is 247 g/mol. The van der Waals surface area contributed by atoms with Crippen molar-refractivity contribution in [3.05, 3.63) is 17.3 Å². The normalized spacial score (nSPS) is 24.5. The number of carboxylic acids is 1. The summed E-state index contributed by atoms with van der Waals surface area (Å²) in [6.45, 7) is 1.84. The van der Waals surface area contributed by atoms with Gasteiger partial charge in [0, 0.05) is 0 Å². The molecule has 1 aliphatic rings. The molecule has 2 rings (SSSR count). The maximum absolute atomic E-state index is 12.5. The molecule has 0 aromatic carbocycles. The van der Waals surface area contributed by atoms with Gasteiger partial charge in [0.2, 0.25) is 11.7 Å². The highest BCUT2D eigenvalue weighted by Crippen LogP contribution is 2.34. The quantitative estimate of drug-likeness (QED) is 0.888. The second-order valence-corrected chi connectivity index (χ2v) is 3.89. The number of oxazole rings is 1. The van der Waals surface area contributed by atoms with Crippen molar-refractivity contribution in [1.29, 1.82) is 0 Å². The zero-order valence-corrected chi connectivity index (χ0v) is 9.02. The Morgan fingerprint density at radius 3 is 2.65 bits per heavy atom. The van der Waals surface area contributed by atoms with Crippen LogP contribution in [0.1, 0.15) is 54.4 Å². The number of ether oxygens (including phenoxy) is 1. The zero-order chi connectivity index (χ0) is 12.6. The summed E-state index contributed by atoms with van der Waals surface area (Å²) in [4.78, 5) is 14.2. The van der Waals surface area contributed by atoms with Gasteiger partial charge in [0.25, 0.3) is 6.43 Å². The number of halogens is 2. The number of hydrogen-bond donors (Lipinski definition) is 1. The third kappa shape index (κ3) is 2.28. The van der Waals surface area contributed by atoms with Crippen LogP contribution in [0.25, 0.3) is 0 Å². The smallest absolute Gasteiger partial charge is 0.374 e. The van der Waals surface area contributed by atoms with Gasteiger partial charge in [-0.15, -0.1) is 0 Å². The van der Waals surface area contributed by atoms with Gasteiger partial charge in [-0.2, -0.15) is 0 Å². The number of aromatic nitrogens is 1.